The van der Waals surface area contributed by atoms with Crippen molar-refractivity contribution >= 4 is 7.14 Å². The maximum atomic E-state index is 13.0. The van der Waals surface area contributed by atoms with Gasteiger partial charge < -0.3 is 4.57 Å². The Morgan fingerprint density at radius 3 is 1.21 bits per heavy atom. The first-order chi connectivity index (χ1) is 9.18. The molecule has 0 heterocycles. The van der Waals surface area contributed by atoms with Gasteiger partial charge in [0.1, 0.15) is 0 Å². The van der Waals surface area contributed by atoms with E-state index in [0.717, 1.165) is 18.5 Å². The summed E-state index contributed by atoms with van der Waals surface area (Å²) >= 11 is 0. The molecule has 0 aliphatic rings. The highest BCUT2D eigenvalue weighted by Gasteiger charge is 2.20. The van der Waals surface area contributed by atoms with Crippen LogP contribution >= 0.6 is 7.14 Å². The number of hydrogen-bond donors (Lipinski definition) is 0. The van der Waals surface area contributed by atoms with E-state index in [1.165, 1.54) is 70.6 Å². The Hall–Kier alpha value is 0.230. The molecule has 0 aliphatic carbocycles. The zero-order chi connectivity index (χ0) is 14.4. The third kappa shape index (κ3) is 11.7. The summed E-state index contributed by atoms with van der Waals surface area (Å²) < 4.78 is 13.0. The molecule has 0 rings (SSSR count). The van der Waals surface area contributed by atoms with Gasteiger partial charge in [-0.1, -0.05) is 72.1 Å². The summed E-state index contributed by atoms with van der Waals surface area (Å²) in [5, 5.41) is 0. The topological polar surface area (TPSA) is 17.1 Å². The summed E-state index contributed by atoms with van der Waals surface area (Å²) in [6, 6.07) is 0. The molecule has 0 bridgehead atoms. The van der Waals surface area contributed by atoms with Crippen molar-refractivity contribution in [2.75, 3.05) is 18.5 Å². The first-order valence-electron chi connectivity index (χ1n) is 8.75. The van der Waals surface area contributed by atoms with Crippen LogP contribution in [0.2, 0.25) is 0 Å². The lowest BCUT2D eigenvalue weighted by Gasteiger charge is -2.18. The van der Waals surface area contributed by atoms with Gasteiger partial charge in [0.25, 0.3) is 0 Å². The van der Waals surface area contributed by atoms with Crippen molar-refractivity contribution in [3.63, 3.8) is 0 Å². The first-order valence-corrected chi connectivity index (χ1v) is 11.0. The summed E-state index contributed by atoms with van der Waals surface area (Å²) in [4.78, 5) is 0. The predicted molar refractivity (Wildman–Crippen MR) is 90.0 cm³/mol. The lowest BCUT2D eigenvalue weighted by molar-refractivity contribution is 0.562. The summed E-state index contributed by atoms with van der Waals surface area (Å²) in [5.74, 6) is 0. The zero-order valence-electron chi connectivity index (χ0n) is 13.8. The van der Waals surface area contributed by atoms with Gasteiger partial charge in [-0.15, -0.1) is 0 Å². The molecule has 0 fully saturated rings. The van der Waals surface area contributed by atoms with Crippen molar-refractivity contribution in [3.8, 4) is 0 Å². The summed E-state index contributed by atoms with van der Waals surface area (Å²) in [6.07, 6.45) is 16.9. The second kappa shape index (κ2) is 13.2. The lowest BCUT2D eigenvalue weighted by Crippen LogP contribution is -2.01. The molecule has 0 aromatic carbocycles. The van der Waals surface area contributed by atoms with Gasteiger partial charge in [-0.25, -0.2) is 0 Å². The summed E-state index contributed by atoms with van der Waals surface area (Å²) in [6.45, 7) is 6.71. The fourth-order valence-electron chi connectivity index (χ4n) is 2.64. The van der Waals surface area contributed by atoms with Crippen LogP contribution < -0.4 is 0 Å². The maximum absolute atomic E-state index is 13.0. The average Bonchev–Trinajstić information content (AvgIpc) is 2.41. The zero-order valence-corrected chi connectivity index (χ0v) is 14.6. The Balaban J connectivity index is 4.00. The molecule has 19 heavy (non-hydrogen) atoms. The van der Waals surface area contributed by atoms with Gasteiger partial charge in [0.05, 0.1) is 7.14 Å². The van der Waals surface area contributed by atoms with Gasteiger partial charge in [0.15, 0.2) is 0 Å². The van der Waals surface area contributed by atoms with E-state index in [1.54, 1.807) is 0 Å². The van der Waals surface area contributed by atoms with Crippen LogP contribution in [0.1, 0.15) is 91.4 Å². The lowest BCUT2D eigenvalue weighted by atomic mass is 10.2. The van der Waals surface area contributed by atoms with E-state index in [9.17, 15) is 4.57 Å². The van der Waals surface area contributed by atoms with Crippen molar-refractivity contribution < 1.29 is 4.57 Å². The Kier molecular flexibility index (Phi) is 13.4. The first kappa shape index (κ1) is 19.2. The highest BCUT2D eigenvalue weighted by molar-refractivity contribution is 7.63. The molecule has 1 nitrogen and oxygen atoms in total. The molecule has 0 atom stereocenters. The minimum Gasteiger partial charge on any atom is -0.324 e. The van der Waals surface area contributed by atoms with Gasteiger partial charge in [-0.3, -0.25) is 0 Å². The van der Waals surface area contributed by atoms with Crippen LogP contribution in [-0.4, -0.2) is 18.5 Å². The highest BCUT2D eigenvalue weighted by atomic mass is 31.2. The van der Waals surface area contributed by atoms with Gasteiger partial charge in [0.2, 0.25) is 0 Å². The number of hydrogen-bond acceptors (Lipinski definition) is 1. The van der Waals surface area contributed by atoms with E-state index < -0.39 is 7.14 Å². The Bertz CT molecular complexity index is 209. The van der Waals surface area contributed by atoms with Crippen LogP contribution in [0.5, 0.6) is 0 Å². The Morgan fingerprint density at radius 1 is 0.526 bits per heavy atom. The van der Waals surface area contributed by atoms with E-state index in [-0.39, 0.29) is 0 Å². The van der Waals surface area contributed by atoms with Gasteiger partial charge in [-0.2, -0.15) is 0 Å². The fraction of sp³-hybridized carbons (Fsp3) is 1.00. The van der Waals surface area contributed by atoms with Crippen molar-refractivity contribution in [1.29, 1.82) is 0 Å². The van der Waals surface area contributed by atoms with E-state index in [2.05, 4.69) is 20.8 Å². The van der Waals surface area contributed by atoms with Crippen molar-refractivity contribution in [2.24, 2.45) is 0 Å². The van der Waals surface area contributed by atoms with Crippen LogP contribution in [0, 0.1) is 0 Å². The molecule has 0 aliphatic heterocycles. The van der Waals surface area contributed by atoms with E-state index in [4.69, 9.17) is 0 Å². The molecule has 0 aromatic heterocycles. The Morgan fingerprint density at radius 2 is 0.842 bits per heavy atom. The van der Waals surface area contributed by atoms with Gasteiger partial charge in [0, 0.05) is 18.5 Å². The van der Waals surface area contributed by atoms with Crippen LogP contribution in [0.4, 0.5) is 0 Å². The van der Waals surface area contributed by atoms with Gasteiger partial charge in [-0.05, 0) is 19.3 Å². The predicted octanol–water partition coefficient (Wildman–Crippen LogP) is 6.70. The van der Waals surface area contributed by atoms with E-state index in [1.807, 2.05) is 0 Å². The van der Waals surface area contributed by atoms with Crippen LogP contribution in [0.3, 0.4) is 0 Å². The monoisotopic (exact) mass is 288 g/mol. The second-order valence-electron chi connectivity index (χ2n) is 6.06. The van der Waals surface area contributed by atoms with Gasteiger partial charge >= 0.3 is 0 Å². The quantitative estimate of drug-likeness (QED) is 0.257. The molecule has 0 spiro atoms. The van der Waals surface area contributed by atoms with E-state index in [0.29, 0.717) is 0 Å². The molecule has 0 N–H and O–H groups in total. The molecule has 0 radical (unpaired) electrons. The number of unbranched alkanes of at least 4 members (excludes halogenated alkanes) is 8. The minimum atomic E-state index is -1.83. The molecule has 0 unspecified atom stereocenters. The summed E-state index contributed by atoms with van der Waals surface area (Å²) in [7, 11) is -1.83. The minimum absolute atomic E-state index is 1.03. The molecule has 0 amide bonds. The third-order valence-electron chi connectivity index (χ3n) is 4.01. The molecule has 0 aromatic rings. The smallest absolute Gasteiger partial charge is 0.0877 e. The van der Waals surface area contributed by atoms with Crippen molar-refractivity contribution in [3.05, 3.63) is 0 Å². The standard InChI is InChI=1S/C17H37OP/c1-4-7-10-13-16-19(18,15-12-9-6-3)17-14-11-8-5-2/h4-17H2,1-3H3. The molecule has 116 valence electrons. The van der Waals surface area contributed by atoms with Crippen LogP contribution in [0.15, 0.2) is 0 Å². The van der Waals surface area contributed by atoms with Crippen LogP contribution in [-0.2, 0) is 4.57 Å². The SMILES string of the molecule is CCCCCCP(=O)(CCCCC)CCCCCC. The fourth-order valence-corrected chi connectivity index (χ4v) is 5.71. The molecule has 2 heteroatoms. The normalized spacial score (nSPS) is 11.9. The molecule has 0 saturated heterocycles. The van der Waals surface area contributed by atoms with Crippen molar-refractivity contribution in [2.45, 2.75) is 91.4 Å². The van der Waals surface area contributed by atoms with Crippen molar-refractivity contribution in [1.82, 2.24) is 0 Å². The molecule has 0 saturated carbocycles. The van der Waals surface area contributed by atoms with E-state index >= 15 is 0 Å². The highest BCUT2D eigenvalue weighted by Crippen LogP contribution is 2.48. The summed E-state index contributed by atoms with van der Waals surface area (Å²) in [5.41, 5.74) is 0. The maximum Gasteiger partial charge on any atom is 0.0877 e. The largest absolute Gasteiger partial charge is 0.324 e. The molecular formula is C17H37OP. The van der Waals surface area contributed by atoms with Crippen LogP contribution in [0.25, 0.3) is 0 Å². The second-order valence-corrected chi connectivity index (χ2v) is 9.52. The third-order valence-corrected chi connectivity index (χ3v) is 7.40. The molecular weight excluding hydrogens is 251 g/mol. The Labute approximate surface area is 122 Å². The average molecular weight is 288 g/mol. The number of rotatable bonds is 14.